The smallest absolute Gasteiger partial charge is 0.0236 e. The van der Waals surface area contributed by atoms with Crippen molar-refractivity contribution in [3.63, 3.8) is 0 Å². The lowest BCUT2D eigenvalue weighted by atomic mass is 9.99. The lowest BCUT2D eigenvalue weighted by molar-refractivity contribution is 0.136. The Bertz CT molecular complexity index is 315. The van der Waals surface area contributed by atoms with E-state index in [0.717, 1.165) is 12.6 Å². The van der Waals surface area contributed by atoms with E-state index in [1.54, 1.807) is 0 Å². The summed E-state index contributed by atoms with van der Waals surface area (Å²) in [5.41, 5.74) is 2.82. The second kappa shape index (κ2) is 5.49. The molecular formula is C15H23N. The summed E-state index contributed by atoms with van der Waals surface area (Å²) in [6.07, 6.45) is 5.49. The average Bonchev–Trinajstić information content (AvgIpc) is 2.33. The Labute approximate surface area is 99.5 Å². The van der Waals surface area contributed by atoms with Crippen molar-refractivity contribution in [2.75, 3.05) is 6.54 Å². The summed E-state index contributed by atoms with van der Waals surface area (Å²) in [6.45, 7) is 6.89. The van der Waals surface area contributed by atoms with E-state index in [1.165, 1.54) is 43.4 Å². The highest BCUT2D eigenvalue weighted by molar-refractivity contribution is 5.21. The second-order valence-electron chi connectivity index (χ2n) is 5.01. The Morgan fingerprint density at radius 3 is 2.62 bits per heavy atom. The lowest BCUT2D eigenvalue weighted by Crippen LogP contribution is -2.38. The van der Waals surface area contributed by atoms with Gasteiger partial charge in [-0.2, -0.15) is 0 Å². The molecule has 0 bridgehead atoms. The molecule has 0 saturated carbocycles. The number of nitrogens with zero attached hydrogens (tertiary/aromatic N) is 1. The molecule has 88 valence electrons. The normalized spacial score (nSPS) is 22.2. The van der Waals surface area contributed by atoms with Crippen LogP contribution in [0.15, 0.2) is 24.3 Å². The fourth-order valence-corrected chi connectivity index (χ4v) is 2.66. The van der Waals surface area contributed by atoms with Crippen LogP contribution in [-0.4, -0.2) is 17.5 Å². The van der Waals surface area contributed by atoms with Crippen LogP contribution in [0.5, 0.6) is 0 Å². The lowest BCUT2D eigenvalue weighted by Gasteiger charge is -2.35. The zero-order chi connectivity index (χ0) is 11.4. The fourth-order valence-electron chi connectivity index (χ4n) is 2.66. The van der Waals surface area contributed by atoms with Crippen LogP contribution >= 0.6 is 0 Å². The molecule has 0 amide bonds. The molecule has 0 aromatic heterocycles. The summed E-state index contributed by atoms with van der Waals surface area (Å²) >= 11 is 0. The molecule has 1 nitrogen and oxygen atoms in total. The zero-order valence-corrected chi connectivity index (χ0v) is 10.6. The highest BCUT2D eigenvalue weighted by Gasteiger charge is 2.20. The number of hydrogen-bond acceptors (Lipinski definition) is 1. The van der Waals surface area contributed by atoms with Gasteiger partial charge in [0.15, 0.2) is 0 Å². The maximum Gasteiger partial charge on any atom is 0.0236 e. The summed E-state index contributed by atoms with van der Waals surface area (Å²) < 4.78 is 0. The third-order valence-corrected chi connectivity index (χ3v) is 3.73. The third-order valence-electron chi connectivity index (χ3n) is 3.73. The first kappa shape index (κ1) is 11.7. The highest BCUT2D eigenvalue weighted by atomic mass is 15.2. The predicted molar refractivity (Wildman–Crippen MR) is 69.5 cm³/mol. The van der Waals surface area contributed by atoms with Crippen molar-refractivity contribution in [3.05, 3.63) is 35.4 Å². The molecule has 0 radical (unpaired) electrons. The van der Waals surface area contributed by atoms with E-state index in [2.05, 4.69) is 43.0 Å². The van der Waals surface area contributed by atoms with Gasteiger partial charge in [0.1, 0.15) is 0 Å². The van der Waals surface area contributed by atoms with Crippen molar-refractivity contribution in [2.24, 2.45) is 0 Å². The van der Waals surface area contributed by atoms with E-state index < -0.39 is 0 Å². The molecule has 0 N–H and O–H groups in total. The van der Waals surface area contributed by atoms with Crippen LogP contribution in [0.4, 0.5) is 0 Å². The molecule has 0 aliphatic carbocycles. The Kier molecular flexibility index (Phi) is 4.00. The number of likely N-dealkylation sites (tertiary alicyclic amines) is 1. The van der Waals surface area contributed by atoms with Gasteiger partial charge in [-0.1, -0.05) is 43.2 Å². The van der Waals surface area contributed by atoms with Crippen LogP contribution in [-0.2, 0) is 6.54 Å². The number of aryl methyl sites for hydroxylation is 1. The number of piperidine rings is 1. The molecule has 1 aliphatic heterocycles. The van der Waals surface area contributed by atoms with Gasteiger partial charge in [0.05, 0.1) is 0 Å². The SMILES string of the molecule is CCC1CCCCN1Cc1ccc(C)cc1. The molecular weight excluding hydrogens is 194 g/mol. The maximum absolute atomic E-state index is 2.66. The Balaban J connectivity index is 1.99. The van der Waals surface area contributed by atoms with Crippen molar-refractivity contribution in [3.8, 4) is 0 Å². The molecule has 1 saturated heterocycles. The number of rotatable bonds is 3. The molecule has 2 rings (SSSR count). The van der Waals surface area contributed by atoms with Gasteiger partial charge in [-0.25, -0.2) is 0 Å². The van der Waals surface area contributed by atoms with Crippen LogP contribution in [0.1, 0.15) is 43.7 Å². The molecule has 16 heavy (non-hydrogen) atoms. The second-order valence-corrected chi connectivity index (χ2v) is 5.01. The molecule has 1 unspecified atom stereocenters. The molecule has 1 aliphatic rings. The minimum Gasteiger partial charge on any atom is -0.296 e. The topological polar surface area (TPSA) is 3.24 Å². The molecule has 1 heteroatoms. The van der Waals surface area contributed by atoms with E-state index in [0.29, 0.717) is 0 Å². The van der Waals surface area contributed by atoms with Crippen molar-refractivity contribution in [1.29, 1.82) is 0 Å². The highest BCUT2D eigenvalue weighted by Crippen LogP contribution is 2.21. The van der Waals surface area contributed by atoms with Gasteiger partial charge in [-0.15, -0.1) is 0 Å². The Morgan fingerprint density at radius 1 is 1.19 bits per heavy atom. The van der Waals surface area contributed by atoms with Gasteiger partial charge in [0.25, 0.3) is 0 Å². The average molecular weight is 217 g/mol. The quantitative estimate of drug-likeness (QED) is 0.745. The van der Waals surface area contributed by atoms with E-state index in [-0.39, 0.29) is 0 Å². The monoisotopic (exact) mass is 217 g/mol. The van der Waals surface area contributed by atoms with Gasteiger partial charge in [-0.05, 0) is 38.3 Å². The Hall–Kier alpha value is -0.820. The van der Waals surface area contributed by atoms with Gasteiger partial charge in [-0.3, -0.25) is 4.90 Å². The van der Waals surface area contributed by atoms with Gasteiger partial charge < -0.3 is 0 Å². The summed E-state index contributed by atoms with van der Waals surface area (Å²) in [4.78, 5) is 2.66. The predicted octanol–water partition coefficient (Wildman–Crippen LogP) is 3.76. The minimum atomic E-state index is 0.815. The Morgan fingerprint density at radius 2 is 1.94 bits per heavy atom. The zero-order valence-electron chi connectivity index (χ0n) is 10.6. The summed E-state index contributed by atoms with van der Waals surface area (Å²) in [5, 5.41) is 0. The van der Waals surface area contributed by atoms with Crippen LogP contribution < -0.4 is 0 Å². The molecule has 0 spiro atoms. The minimum absolute atomic E-state index is 0.815. The first-order valence-corrected chi connectivity index (χ1v) is 6.59. The standard InChI is InChI=1S/C15H23N/c1-3-15-6-4-5-11-16(15)12-14-9-7-13(2)8-10-14/h7-10,15H,3-6,11-12H2,1-2H3. The van der Waals surface area contributed by atoms with Crippen LogP contribution in [0, 0.1) is 6.92 Å². The van der Waals surface area contributed by atoms with E-state index in [1.807, 2.05) is 0 Å². The third kappa shape index (κ3) is 2.85. The summed E-state index contributed by atoms with van der Waals surface area (Å²) in [7, 11) is 0. The van der Waals surface area contributed by atoms with Crippen LogP contribution in [0.25, 0.3) is 0 Å². The molecule has 1 fully saturated rings. The first-order chi connectivity index (χ1) is 7.79. The molecule has 1 aromatic carbocycles. The van der Waals surface area contributed by atoms with Crippen molar-refractivity contribution in [1.82, 2.24) is 4.90 Å². The van der Waals surface area contributed by atoms with E-state index in [4.69, 9.17) is 0 Å². The number of hydrogen-bond donors (Lipinski definition) is 0. The van der Waals surface area contributed by atoms with Gasteiger partial charge in [0, 0.05) is 12.6 Å². The molecule has 1 aromatic rings. The van der Waals surface area contributed by atoms with E-state index in [9.17, 15) is 0 Å². The van der Waals surface area contributed by atoms with Crippen LogP contribution in [0.3, 0.4) is 0 Å². The molecule has 1 atom stereocenters. The largest absolute Gasteiger partial charge is 0.296 e. The van der Waals surface area contributed by atoms with Crippen molar-refractivity contribution < 1.29 is 0 Å². The summed E-state index contributed by atoms with van der Waals surface area (Å²) in [5.74, 6) is 0. The summed E-state index contributed by atoms with van der Waals surface area (Å²) in [6, 6.07) is 9.81. The van der Waals surface area contributed by atoms with E-state index >= 15 is 0 Å². The van der Waals surface area contributed by atoms with Gasteiger partial charge in [0.2, 0.25) is 0 Å². The maximum atomic E-state index is 2.66. The molecule has 1 heterocycles. The van der Waals surface area contributed by atoms with Crippen molar-refractivity contribution >= 4 is 0 Å². The van der Waals surface area contributed by atoms with Crippen molar-refractivity contribution in [2.45, 2.75) is 52.1 Å². The number of benzene rings is 1. The fraction of sp³-hybridized carbons (Fsp3) is 0.600. The first-order valence-electron chi connectivity index (χ1n) is 6.59. The van der Waals surface area contributed by atoms with Crippen LogP contribution in [0.2, 0.25) is 0 Å². The van der Waals surface area contributed by atoms with Gasteiger partial charge >= 0.3 is 0 Å².